The minimum absolute atomic E-state index is 0.0335. The van der Waals surface area contributed by atoms with Crippen LogP contribution in [-0.2, 0) is 13.2 Å². The van der Waals surface area contributed by atoms with Gasteiger partial charge < -0.3 is 9.84 Å². The molecule has 102 valence electrons. The summed E-state index contributed by atoms with van der Waals surface area (Å²) in [5.41, 5.74) is 0.735. The summed E-state index contributed by atoms with van der Waals surface area (Å²) >= 11 is 5.79. The van der Waals surface area contributed by atoms with Gasteiger partial charge in [0.2, 0.25) is 0 Å². The molecule has 19 heavy (non-hydrogen) atoms. The lowest BCUT2D eigenvalue weighted by atomic mass is 10.3. The Kier molecular flexibility index (Phi) is 5.18. The molecule has 0 aliphatic carbocycles. The molecule has 5 nitrogen and oxygen atoms in total. The number of hydrogen-bond donors (Lipinski definition) is 1. The zero-order valence-electron chi connectivity index (χ0n) is 10.5. The minimum atomic E-state index is -0.0335. The van der Waals surface area contributed by atoms with E-state index in [2.05, 4.69) is 10.3 Å². The third-order valence-corrected chi connectivity index (χ3v) is 2.96. The van der Waals surface area contributed by atoms with Crippen molar-refractivity contribution >= 4 is 11.6 Å². The number of rotatable bonds is 7. The summed E-state index contributed by atoms with van der Waals surface area (Å²) in [6.45, 7) is 1.35. The first-order valence-corrected chi connectivity index (χ1v) is 6.54. The molecule has 2 rings (SSSR count). The van der Waals surface area contributed by atoms with Crippen LogP contribution in [-0.4, -0.2) is 26.7 Å². The number of aryl methyl sites for hydroxylation is 1. The van der Waals surface area contributed by atoms with Crippen LogP contribution in [0.1, 0.15) is 18.5 Å². The van der Waals surface area contributed by atoms with Gasteiger partial charge in [-0.05, 0) is 37.1 Å². The van der Waals surface area contributed by atoms with E-state index in [4.69, 9.17) is 21.4 Å². The van der Waals surface area contributed by atoms with Gasteiger partial charge in [0.1, 0.15) is 5.75 Å². The fourth-order valence-corrected chi connectivity index (χ4v) is 1.80. The summed E-state index contributed by atoms with van der Waals surface area (Å²) in [5, 5.41) is 17.4. The Labute approximate surface area is 116 Å². The van der Waals surface area contributed by atoms with Gasteiger partial charge in [-0.2, -0.15) is 0 Å². The van der Waals surface area contributed by atoms with E-state index in [0.29, 0.717) is 11.6 Å². The van der Waals surface area contributed by atoms with E-state index in [9.17, 15) is 0 Å². The highest BCUT2D eigenvalue weighted by Crippen LogP contribution is 2.15. The number of unbranched alkanes of at least 4 members (excludes halogenated alkanes) is 1. The minimum Gasteiger partial charge on any atom is -0.494 e. The molecule has 0 spiro atoms. The topological polar surface area (TPSA) is 60.2 Å². The van der Waals surface area contributed by atoms with E-state index in [-0.39, 0.29) is 6.61 Å². The molecule has 1 N–H and O–H groups in total. The Hall–Kier alpha value is -1.59. The van der Waals surface area contributed by atoms with Crippen molar-refractivity contribution in [3.05, 3.63) is 41.2 Å². The molecular weight excluding hydrogens is 266 g/mol. The van der Waals surface area contributed by atoms with Crippen LogP contribution in [0.2, 0.25) is 5.02 Å². The van der Waals surface area contributed by atoms with Gasteiger partial charge in [0.15, 0.2) is 0 Å². The average molecular weight is 282 g/mol. The van der Waals surface area contributed by atoms with E-state index in [0.717, 1.165) is 30.8 Å². The van der Waals surface area contributed by atoms with Gasteiger partial charge in [-0.15, -0.1) is 5.10 Å². The second-order valence-corrected chi connectivity index (χ2v) is 4.55. The number of halogens is 1. The molecule has 0 fully saturated rings. The largest absolute Gasteiger partial charge is 0.494 e. The van der Waals surface area contributed by atoms with Crippen molar-refractivity contribution < 1.29 is 9.84 Å². The fourth-order valence-electron chi connectivity index (χ4n) is 1.67. The van der Waals surface area contributed by atoms with Crippen molar-refractivity contribution in [1.29, 1.82) is 0 Å². The third-order valence-electron chi connectivity index (χ3n) is 2.71. The van der Waals surface area contributed by atoms with Gasteiger partial charge in [0.25, 0.3) is 0 Å². The normalized spacial score (nSPS) is 10.6. The van der Waals surface area contributed by atoms with Crippen molar-refractivity contribution in [1.82, 2.24) is 15.0 Å². The molecule has 1 aromatic heterocycles. The highest BCUT2D eigenvalue weighted by molar-refractivity contribution is 6.30. The molecule has 0 saturated heterocycles. The summed E-state index contributed by atoms with van der Waals surface area (Å²) in [4.78, 5) is 0. The lowest BCUT2D eigenvalue weighted by Gasteiger charge is -2.07. The van der Waals surface area contributed by atoms with Gasteiger partial charge in [-0.25, -0.2) is 4.68 Å². The molecule has 1 heterocycles. The van der Waals surface area contributed by atoms with Crippen LogP contribution in [0.3, 0.4) is 0 Å². The molecule has 0 aliphatic heterocycles. The van der Waals surface area contributed by atoms with Crippen LogP contribution in [0.4, 0.5) is 0 Å². The number of aromatic nitrogens is 3. The molecule has 0 unspecified atom stereocenters. The number of benzene rings is 1. The van der Waals surface area contributed by atoms with Gasteiger partial charge in [-0.1, -0.05) is 16.8 Å². The van der Waals surface area contributed by atoms with Gasteiger partial charge in [-0.3, -0.25) is 0 Å². The highest BCUT2D eigenvalue weighted by atomic mass is 35.5. The van der Waals surface area contributed by atoms with Gasteiger partial charge in [0, 0.05) is 11.6 Å². The van der Waals surface area contributed by atoms with Crippen molar-refractivity contribution in [2.24, 2.45) is 0 Å². The van der Waals surface area contributed by atoms with Gasteiger partial charge >= 0.3 is 0 Å². The molecule has 0 atom stereocenters. The molecule has 0 aliphatic rings. The van der Waals surface area contributed by atoms with E-state index < -0.39 is 0 Å². The zero-order chi connectivity index (χ0) is 13.5. The zero-order valence-corrected chi connectivity index (χ0v) is 11.3. The van der Waals surface area contributed by atoms with Crippen LogP contribution >= 0.6 is 11.6 Å². The van der Waals surface area contributed by atoms with Crippen molar-refractivity contribution in [2.45, 2.75) is 26.0 Å². The molecule has 0 radical (unpaired) electrons. The van der Waals surface area contributed by atoms with E-state index in [1.807, 2.05) is 12.1 Å². The van der Waals surface area contributed by atoms with Crippen LogP contribution < -0.4 is 4.74 Å². The van der Waals surface area contributed by atoms with Crippen LogP contribution in [0, 0.1) is 0 Å². The van der Waals surface area contributed by atoms with E-state index in [1.54, 1.807) is 23.0 Å². The summed E-state index contributed by atoms with van der Waals surface area (Å²) in [7, 11) is 0. The first-order valence-electron chi connectivity index (χ1n) is 6.16. The molecular formula is C13H16ClN3O2. The lowest BCUT2D eigenvalue weighted by Crippen LogP contribution is -2.07. The molecule has 0 bridgehead atoms. The van der Waals surface area contributed by atoms with Crippen molar-refractivity contribution in [2.75, 3.05) is 6.61 Å². The van der Waals surface area contributed by atoms with Crippen LogP contribution in [0.25, 0.3) is 0 Å². The maximum atomic E-state index is 9.04. The van der Waals surface area contributed by atoms with E-state index in [1.165, 1.54) is 0 Å². The lowest BCUT2D eigenvalue weighted by molar-refractivity contribution is 0.264. The Morgan fingerprint density at radius 2 is 2.00 bits per heavy atom. The van der Waals surface area contributed by atoms with Crippen molar-refractivity contribution in [3.8, 4) is 5.75 Å². The average Bonchev–Trinajstić information content (AvgIpc) is 2.88. The second kappa shape index (κ2) is 7.11. The van der Waals surface area contributed by atoms with Crippen LogP contribution in [0.15, 0.2) is 30.5 Å². The molecule has 0 amide bonds. The quantitative estimate of drug-likeness (QED) is 0.791. The first kappa shape index (κ1) is 13.8. The Morgan fingerprint density at radius 1 is 1.21 bits per heavy atom. The SMILES string of the molecule is OCc1cnnn1CCCCOc1ccc(Cl)cc1. The third kappa shape index (κ3) is 4.22. The summed E-state index contributed by atoms with van der Waals surface area (Å²) < 4.78 is 7.29. The maximum absolute atomic E-state index is 9.04. The monoisotopic (exact) mass is 281 g/mol. The second-order valence-electron chi connectivity index (χ2n) is 4.12. The Bertz CT molecular complexity index is 499. The molecule has 2 aromatic rings. The van der Waals surface area contributed by atoms with Crippen molar-refractivity contribution in [3.63, 3.8) is 0 Å². The summed E-state index contributed by atoms with van der Waals surface area (Å²) in [6.07, 6.45) is 3.40. The molecule has 6 heteroatoms. The Balaban J connectivity index is 1.66. The number of ether oxygens (including phenoxy) is 1. The maximum Gasteiger partial charge on any atom is 0.119 e. The summed E-state index contributed by atoms with van der Waals surface area (Å²) in [5.74, 6) is 0.821. The number of aliphatic hydroxyl groups excluding tert-OH is 1. The highest BCUT2D eigenvalue weighted by Gasteiger charge is 2.01. The predicted molar refractivity (Wildman–Crippen MR) is 72.1 cm³/mol. The van der Waals surface area contributed by atoms with Crippen LogP contribution in [0.5, 0.6) is 5.75 Å². The first-order chi connectivity index (χ1) is 9.29. The number of nitrogens with zero attached hydrogens (tertiary/aromatic N) is 3. The smallest absolute Gasteiger partial charge is 0.119 e. The predicted octanol–water partition coefficient (Wildman–Crippen LogP) is 2.28. The van der Waals surface area contributed by atoms with E-state index >= 15 is 0 Å². The van der Waals surface area contributed by atoms with Gasteiger partial charge in [0.05, 0.1) is 25.1 Å². The fraction of sp³-hybridized carbons (Fsp3) is 0.385. The standard InChI is InChI=1S/C13H16ClN3O2/c14-11-3-5-13(6-4-11)19-8-2-1-7-17-12(10-18)9-15-16-17/h3-6,9,18H,1-2,7-8,10H2. The summed E-state index contributed by atoms with van der Waals surface area (Å²) in [6, 6.07) is 7.31. The molecule has 1 aromatic carbocycles. The number of hydrogen-bond acceptors (Lipinski definition) is 4. The molecule has 0 saturated carbocycles. The number of aliphatic hydroxyl groups is 1. The Morgan fingerprint density at radius 3 is 2.74 bits per heavy atom.